The second kappa shape index (κ2) is 12.2. The van der Waals surface area contributed by atoms with Crippen LogP contribution in [0.1, 0.15) is 25.0 Å². The lowest BCUT2D eigenvalue weighted by molar-refractivity contribution is 0.660. The van der Waals surface area contributed by atoms with E-state index in [9.17, 15) is 0 Å². The van der Waals surface area contributed by atoms with Gasteiger partial charge in [-0.3, -0.25) is 0 Å². The fourth-order valence-electron chi connectivity index (χ4n) is 10.5. The molecule has 0 saturated carbocycles. The molecule has 2 heteroatoms. The summed E-state index contributed by atoms with van der Waals surface area (Å²) in [6, 6.07) is 68.5. The molecule has 2 heterocycles. The van der Waals surface area contributed by atoms with Crippen LogP contribution in [0.25, 0.3) is 117 Å². The van der Waals surface area contributed by atoms with Crippen LogP contribution in [0.3, 0.4) is 0 Å². The number of rotatable bonds is 3. The van der Waals surface area contributed by atoms with Crippen molar-refractivity contribution < 1.29 is 0 Å². The van der Waals surface area contributed by atoms with Crippen molar-refractivity contribution in [3.05, 3.63) is 193 Å². The SMILES string of the molecule is CC1(C)c2ccc(-c3cc4ccccc4c4c3sc3c4ccc4sc5ccccc5c43)cc2-c2ccc(-c3c4ccccc4c(-c4ccccc4)c4ccccc34)cc21. The molecule has 0 saturated heterocycles. The Morgan fingerprint density at radius 3 is 1.71 bits per heavy atom. The van der Waals surface area contributed by atoms with Crippen molar-refractivity contribution in [2.75, 3.05) is 0 Å². The van der Waals surface area contributed by atoms with Crippen LogP contribution in [-0.4, -0.2) is 0 Å². The maximum atomic E-state index is 2.50. The van der Waals surface area contributed by atoms with Gasteiger partial charge in [-0.1, -0.05) is 166 Å². The van der Waals surface area contributed by atoms with Crippen LogP contribution in [0.5, 0.6) is 0 Å². The predicted octanol–water partition coefficient (Wildman–Crippen LogP) is 17.2. The van der Waals surface area contributed by atoms with Crippen molar-refractivity contribution >= 4 is 95.3 Å². The van der Waals surface area contributed by atoms with E-state index < -0.39 is 0 Å². The van der Waals surface area contributed by atoms with Gasteiger partial charge in [-0.2, -0.15) is 0 Å². The quantitative estimate of drug-likeness (QED) is 0.157. The van der Waals surface area contributed by atoms with Crippen molar-refractivity contribution in [1.82, 2.24) is 0 Å². The topological polar surface area (TPSA) is 0 Å². The highest BCUT2D eigenvalue weighted by Crippen LogP contribution is 2.54. The van der Waals surface area contributed by atoms with E-state index in [2.05, 4.69) is 196 Å². The molecule has 0 unspecified atom stereocenters. The summed E-state index contributed by atoms with van der Waals surface area (Å²) in [6.07, 6.45) is 0. The van der Waals surface area contributed by atoms with Gasteiger partial charge in [0.15, 0.2) is 0 Å². The first-order valence-electron chi connectivity index (χ1n) is 20.5. The maximum Gasteiger partial charge on any atom is 0.0449 e. The van der Waals surface area contributed by atoms with E-state index in [4.69, 9.17) is 0 Å². The summed E-state index contributed by atoms with van der Waals surface area (Å²) in [5, 5.41) is 13.3. The third kappa shape index (κ3) is 4.65. The standard InChI is InChI=1S/C57H36S2/c1-57(2)47-28-25-35(45-30-34-16-6-7-17-37(34)53-44-27-29-50-54(55(44)59-56(45)53)43-22-12-13-23-49(43)58-50)31-46(47)38-26-24-36(32-48(38)57)52-41-20-10-8-18-39(41)51(33-14-4-3-5-15-33)40-19-9-11-21-42(40)52/h3-32H,1-2H3. The predicted molar refractivity (Wildman–Crippen MR) is 259 cm³/mol. The Balaban J connectivity index is 1.02. The number of hydrogen-bond donors (Lipinski definition) is 0. The second-order valence-corrected chi connectivity index (χ2v) is 18.8. The minimum Gasteiger partial charge on any atom is -0.135 e. The Morgan fingerprint density at radius 1 is 0.339 bits per heavy atom. The number of benzene rings is 10. The van der Waals surface area contributed by atoms with Crippen LogP contribution in [0.4, 0.5) is 0 Å². The molecular formula is C57H36S2. The maximum absolute atomic E-state index is 2.50. The van der Waals surface area contributed by atoms with E-state index in [1.165, 1.54) is 128 Å². The van der Waals surface area contributed by atoms with Gasteiger partial charge in [0.2, 0.25) is 0 Å². The summed E-state index contributed by atoms with van der Waals surface area (Å²) in [5.74, 6) is 0. The molecule has 13 rings (SSSR count). The number of fused-ring (bicyclic) bond motifs is 14. The number of thiophene rings is 2. The fraction of sp³-hybridized carbons (Fsp3) is 0.0526. The molecule has 0 atom stereocenters. The largest absolute Gasteiger partial charge is 0.135 e. The van der Waals surface area contributed by atoms with Gasteiger partial charge in [0, 0.05) is 51.3 Å². The Morgan fingerprint density at radius 2 is 0.966 bits per heavy atom. The van der Waals surface area contributed by atoms with Gasteiger partial charge in [-0.25, -0.2) is 0 Å². The Bertz CT molecular complexity index is 3690. The smallest absolute Gasteiger partial charge is 0.0449 e. The van der Waals surface area contributed by atoms with Crippen molar-refractivity contribution in [3.63, 3.8) is 0 Å². The molecule has 2 aromatic heterocycles. The van der Waals surface area contributed by atoms with Crippen molar-refractivity contribution in [2.24, 2.45) is 0 Å². The van der Waals surface area contributed by atoms with Crippen LogP contribution in [0.15, 0.2) is 182 Å². The van der Waals surface area contributed by atoms with Crippen LogP contribution >= 0.6 is 22.7 Å². The highest BCUT2D eigenvalue weighted by molar-refractivity contribution is 7.30. The molecule has 0 aliphatic heterocycles. The lowest BCUT2D eigenvalue weighted by atomic mass is 9.80. The van der Waals surface area contributed by atoms with E-state index in [0.29, 0.717) is 0 Å². The lowest BCUT2D eigenvalue weighted by Gasteiger charge is -2.23. The minimum absolute atomic E-state index is 0.156. The molecule has 0 amide bonds. The normalized spacial score (nSPS) is 13.4. The average molecular weight is 785 g/mol. The fourth-order valence-corrected chi connectivity index (χ4v) is 13.1. The zero-order valence-electron chi connectivity index (χ0n) is 32.6. The van der Waals surface area contributed by atoms with Crippen LogP contribution in [0.2, 0.25) is 0 Å². The average Bonchev–Trinajstić information content (AvgIpc) is 3.93. The summed E-state index contributed by atoms with van der Waals surface area (Å²) in [4.78, 5) is 0. The molecular weight excluding hydrogens is 749 g/mol. The molecule has 0 nitrogen and oxygen atoms in total. The molecule has 0 bridgehead atoms. The van der Waals surface area contributed by atoms with Gasteiger partial charge >= 0.3 is 0 Å². The molecule has 59 heavy (non-hydrogen) atoms. The first-order valence-corrected chi connectivity index (χ1v) is 22.1. The Labute approximate surface area is 350 Å². The van der Waals surface area contributed by atoms with Crippen LogP contribution < -0.4 is 0 Å². The zero-order valence-corrected chi connectivity index (χ0v) is 34.3. The zero-order chi connectivity index (χ0) is 39.0. The highest BCUT2D eigenvalue weighted by atomic mass is 32.1. The van der Waals surface area contributed by atoms with E-state index >= 15 is 0 Å². The minimum atomic E-state index is -0.156. The molecule has 0 N–H and O–H groups in total. The lowest BCUT2D eigenvalue weighted by Crippen LogP contribution is -2.15. The van der Waals surface area contributed by atoms with Crippen molar-refractivity contribution in [2.45, 2.75) is 19.3 Å². The molecule has 0 fully saturated rings. The van der Waals surface area contributed by atoms with Gasteiger partial charge in [-0.05, 0) is 113 Å². The summed E-state index contributed by atoms with van der Waals surface area (Å²) in [7, 11) is 0. The first-order chi connectivity index (χ1) is 29.0. The monoisotopic (exact) mass is 784 g/mol. The molecule has 0 radical (unpaired) electrons. The van der Waals surface area contributed by atoms with E-state index in [1.54, 1.807) is 0 Å². The van der Waals surface area contributed by atoms with E-state index in [0.717, 1.165) is 0 Å². The molecule has 12 aromatic rings. The van der Waals surface area contributed by atoms with E-state index in [-0.39, 0.29) is 5.41 Å². The van der Waals surface area contributed by atoms with Crippen molar-refractivity contribution in [3.8, 4) is 44.5 Å². The highest BCUT2D eigenvalue weighted by Gasteiger charge is 2.36. The molecule has 1 aliphatic rings. The molecule has 276 valence electrons. The summed E-state index contributed by atoms with van der Waals surface area (Å²) in [5.41, 5.74) is 13.0. The molecule has 0 spiro atoms. The van der Waals surface area contributed by atoms with Gasteiger partial charge in [-0.15, -0.1) is 22.7 Å². The summed E-state index contributed by atoms with van der Waals surface area (Å²) < 4.78 is 5.47. The van der Waals surface area contributed by atoms with Gasteiger partial charge < -0.3 is 0 Å². The number of hydrogen-bond acceptors (Lipinski definition) is 2. The second-order valence-electron chi connectivity index (χ2n) is 16.7. The summed E-state index contributed by atoms with van der Waals surface area (Å²) in [6.45, 7) is 4.82. The third-order valence-electron chi connectivity index (χ3n) is 13.2. The van der Waals surface area contributed by atoms with E-state index in [1.807, 2.05) is 22.7 Å². The Hall–Kier alpha value is -6.58. The van der Waals surface area contributed by atoms with Crippen LogP contribution in [-0.2, 0) is 5.41 Å². The molecule has 1 aliphatic carbocycles. The molecule has 10 aromatic carbocycles. The van der Waals surface area contributed by atoms with Crippen molar-refractivity contribution in [1.29, 1.82) is 0 Å². The van der Waals surface area contributed by atoms with Gasteiger partial charge in [0.1, 0.15) is 0 Å². The summed E-state index contributed by atoms with van der Waals surface area (Å²) >= 11 is 3.88. The Kier molecular flexibility index (Phi) is 6.92. The van der Waals surface area contributed by atoms with Gasteiger partial charge in [0.05, 0.1) is 0 Å². The van der Waals surface area contributed by atoms with Crippen LogP contribution in [0, 0.1) is 0 Å². The third-order valence-corrected chi connectivity index (χ3v) is 15.6. The van der Waals surface area contributed by atoms with Gasteiger partial charge in [0.25, 0.3) is 0 Å². The first kappa shape index (κ1) is 33.4.